The van der Waals surface area contributed by atoms with Crippen LogP contribution in [0.2, 0.25) is 0 Å². The van der Waals surface area contributed by atoms with Crippen LogP contribution in [0.1, 0.15) is 19.8 Å². The zero-order chi connectivity index (χ0) is 22.7. The number of nitrogens with zero attached hydrogens (tertiary/aromatic N) is 3. The number of rotatable bonds is 6. The number of hydrogen-bond acceptors (Lipinski definition) is 6. The normalized spacial score (nSPS) is 14.4. The van der Waals surface area contributed by atoms with Crippen molar-refractivity contribution in [3.63, 3.8) is 0 Å². The molecule has 1 saturated heterocycles. The number of aromatic nitrogens is 2. The average Bonchev–Trinajstić information content (AvgIpc) is 2.82. The molecule has 0 saturated carbocycles. The summed E-state index contributed by atoms with van der Waals surface area (Å²) in [5.74, 6) is 2.15. The van der Waals surface area contributed by atoms with Crippen molar-refractivity contribution in [3.05, 3.63) is 52.8 Å². The lowest BCUT2D eigenvalue weighted by molar-refractivity contribution is -0.117. The summed E-state index contributed by atoms with van der Waals surface area (Å²) in [6, 6.07) is 12.6. The first-order valence-electron chi connectivity index (χ1n) is 10.8. The quantitative estimate of drug-likeness (QED) is 0.638. The topological polar surface area (TPSA) is 85.7 Å². The van der Waals surface area contributed by atoms with Crippen LogP contribution in [-0.2, 0) is 11.3 Å². The molecular formula is C24H28N4O4. The third-order valence-electron chi connectivity index (χ3n) is 5.91. The maximum absolute atomic E-state index is 13.1. The molecule has 1 amide bonds. The second-order valence-electron chi connectivity index (χ2n) is 8.12. The number of fused-ring (bicyclic) bond motifs is 1. The van der Waals surface area contributed by atoms with Crippen molar-refractivity contribution in [1.82, 2.24) is 9.78 Å². The van der Waals surface area contributed by atoms with Crippen LogP contribution in [0.15, 0.2) is 47.3 Å². The van der Waals surface area contributed by atoms with Gasteiger partial charge in [-0.05, 0) is 37.0 Å². The lowest BCUT2D eigenvalue weighted by atomic mass is 9.99. The van der Waals surface area contributed by atoms with Crippen molar-refractivity contribution in [3.8, 4) is 11.5 Å². The molecular weight excluding hydrogens is 408 g/mol. The summed E-state index contributed by atoms with van der Waals surface area (Å²) in [5, 5.41) is 8.81. The summed E-state index contributed by atoms with van der Waals surface area (Å²) in [4.78, 5) is 28.1. The van der Waals surface area contributed by atoms with E-state index in [0.717, 1.165) is 37.1 Å². The van der Waals surface area contributed by atoms with Gasteiger partial charge in [0.15, 0.2) is 5.82 Å². The molecule has 0 aliphatic carbocycles. The Morgan fingerprint density at radius 1 is 1.09 bits per heavy atom. The number of piperidine rings is 1. The maximum atomic E-state index is 13.1. The van der Waals surface area contributed by atoms with Crippen LogP contribution in [0.3, 0.4) is 0 Å². The van der Waals surface area contributed by atoms with E-state index in [1.165, 1.54) is 11.8 Å². The fourth-order valence-corrected chi connectivity index (χ4v) is 4.01. The Morgan fingerprint density at radius 3 is 2.50 bits per heavy atom. The maximum Gasteiger partial charge on any atom is 0.275 e. The predicted octanol–water partition coefficient (Wildman–Crippen LogP) is 3.29. The minimum Gasteiger partial charge on any atom is -0.497 e. The zero-order valence-corrected chi connectivity index (χ0v) is 18.6. The molecule has 4 rings (SSSR count). The highest BCUT2D eigenvalue weighted by atomic mass is 16.5. The number of nitrogens with one attached hydrogen (secondary N) is 1. The molecule has 3 aromatic rings. The molecule has 1 aliphatic rings. The average molecular weight is 437 g/mol. The molecule has 8 heteroatoms. The highest BCUT2D eigenvalue weighted by Crippen LogP contribution is 2.29. The highest BCUT2D eigenvalue weighted by molar-refractivity contribution is 5.94. The number of hydrogen-bond donors (Lipinski definition) is 1. The molecule has 1 aromatic heterocycles. The van der Waals surface area contributed by atoms with Crippen LogP contribution in [0.25, 0.3) is 10.8 Å². The van der Waals surface area contributed by atoms with Gasteiger partial charge in [-0.3, -0.25) is 9.59 Å². The van der Waals surface area contributed by atoms with E-state index < -0.39 is 0 Å². The van der Waals surface area contributed by atoms with Gasteiger partial charge in [-0.1, -0.05) is 25.1 Å². The molecule has 1 N–H and O–H groups in total. The predicted molar refractivity (Wildman–Crippen MR) is 125 cm³/mol. The van der Waals surface area contributed by atoms with E-state index in [4.69, 9.17) is 9.47 Å². The van der Waals surface area contributed by atoms with Gasteiger partial charge in [0.1, 0.15) is 18.0 Å². The highest BCUT2D eigenvalue weighted by Gasteiger charge is 2.21. The van der Waals surface area contributed by atoms with E-state index in [1.807, 2.05) is 18.2 Å². The van der Waals surface area contributed by atoms with Gasteiger partial charge in [0.25, 0.3) is 5.56 Å². The summed E-state index contributed by atoms with van der Waals surface area (Å²) in [6.45, 7) is 3.81. The molecule has 0 radical (unpaired) electrons. The van der Waals surface area contributed by atoms with Gasteiger partial charge in [-0.15, -0.1) is 0 Å². The summed E-state index contributed by atoms with van der Waals surface area (Å²) in [6.07, 6.45) is 2.15. The van der Waals surface area contributed by atoms with Crippen molar-refractivity contribution in [2.45, 2.75) is 26.3 Å². The molecule has 2 aromatic carbocycles. The zero-order valence-electron chi connectivity index (χ0n) is 18.6. The number of methoxy groups -OCH3 is 2. The molecule has 1 aliphatic heterocycles. The molecule has 168 valence electrons. The van der Waals surface area contributed by atoms with Gasteiger partial charge in [-0.25, -0.2) is 4.68 Å². The van der Waals surface area contributed by atoms with E-state index in [1.54, 1.807) is 31.4 Å². The number of carbonyl (C=O) groups is 1. The molecule has 0 spiro atoms. The smallest absolute Gasteiger partial charge is 0.275 e. The van der Waals surface area contributed by atoms with Crippen LogP contribution in [0, 0.1) is 5.92 Å². The number of anilines is 2. The Morgan fingerprint density at radius 2 is 1.81 bits per heavy atom. The van der Waals surface area contributed by atoms with E-state index in [2.05, 4.69) is 22.2 Å². The lowest BCUT2D eigenvalue weighted by Gasteiger charge is -2.32. The standard InChI is InChI=1S/C24H28N4O4/c1-16-10-12-27(13-11-16)23-18-6-4-5-7-19(18)24(30)28(26-23)15-22(29)25-20-9-8-17(31-2)14-21(20)32-3/h4-9,14,16H,10-13,15H2,1-3H3,(H,25,29). The third kappa shape index (κ3) is 4.39. The van der Waals surface area contributed by atoms with Gasteiger partial charge in [-0.2, -0.15) is 5.10 Å². The Hall–Kier alpha value is -3.55. The van der Waals surface area contributed by atoms with Gasteiger partial charge < -0.3 is 19.7 Å². The fraction of sp³-hybridized carbons (Fsp3) is 0.375. The third-order valence-corrected chi connectivity index (χ3v) is 5.91. The van der Waals surface area contributed by atoms with Gasteiger partial charge in [0, 0.05) is 24.5 Å². The molecule has 0 bridgehead atoms. The molecule has 0 unspecified atom stereocenters. The Labute approximate surface area is 186 Å². The number of benzene rings is 2. The van der Waals surface area contributed by atoms with Crippen molar-refractivity contribution in [2.24, 2.45) is 5.92 Å². The summed E-state index contributed by atoms with van der Waals surface area (Å²) < 4.78 is 11.8. The Balaban J connectivity index is 1.64. The number of ether oxygens (including phenoxy) is 2. The van der Waals surface area contributed by atoms with Crippen molar-refractivity contribution >= 4 is 28.2 Å². The van der Waals surface area contributed by atoms with Crippen LogP contribution in [0.4, 0.5) is 11.5 Å². The van der Waals surface area contributed by atoms with E-state index >= 15 is 0 Å². The molecule has 2 heterocycles. The number of amides is 1. The summed E-state index contributed by atoms with van der Waals surface area (Å²) in [5.41, 5.74) is 0.212. The van der Waals surface area contributed by atoms with Gasteiger partial charge in [0.05, 0.1) is 25.3 Å². The van der Waals surface area contributed by atoms with Crippen LogP contribution in [-0.4, -0.2) is 43.0 Å². The van der Waals surface area contributed by atoms with Gasteiger partial charge in [0.2, 0.25) is 5.91 Å². The SMILES string of the molecule is COc1ccc(NC(=O)Cn2nc(N3CCC(C)CC3)c3ccccc3c2=O)c(OC)c1. The van der Waals surface area contributed by atoms with Crippen molar-refractivity contribution < 1.29 is 14.3 Å². The van der Waals surface area contributed by atoms with Crippen molar-refractivity contribution in [1.29, 1.82) is 0 Å². The molecule has 1 fully saturated rings. The first kappa shape index (κ1) is 21.7. The summed E-state index contributed by atoms with van der Waals surface area (Å²) in [7, 11) is 3.08. The van der Waals surface area contributed by atoms with Crippen molar-refractivity contribution in [2.75, 3.05) is 37.5 Å². The molecule has 8 nitrogen and oxygen atoms in total. The van der Waals surface area contributed by atoms with E-state index in [-0.39, 0.29) is 18.0 Å². The van der Waals surface area contributed by atoms with E-state index in [9.17, 15) is 9.59 Å². The van der Waals surface area contributed by atoms with Crippen LogP contribution in [0.5, 0.6) is 11.5 Å². The van der Waals surface area contributed by atoms with Crippen LogP contribution < -0.4 is 25.2 Å². The number of carbonyl (C=O) groups excluding carboxylic acids is 1. The molecule has 32 heavy (non-hydrogen) atoms. The second-order valence-corrected chi connectivity index (χ2v) is 8.12. The fourth-order valence-electron chi connectivity index (χ4n) is 4.01. The van der Waals surface area contributed by atoms with Crippen LogP contribution >= 0.6 is 0 Å². The lowest BCUT2D eigenvalue weighted by Crippen LogP contribution is -2.37. The Bertz CT molecular complexity index is 1180. The second kappa shape index (κ2) is 9.30. The largest absolute Gasteiger partial charge is 0.497 e. The monoisotopic (exact) mass is 436 g/mol. The first-order valence-corrected chi connectivity index (χ1v) is 10.8. The first-order chi connectivity index (χ1) is 15.5. The minimum atomic E-state index is -0.364. The Kier molecular flexibility index (Phi) is 6.30. The van der Waals surface area contributed by atoms with Gasteiger partial charge >= 0.3 is 0 Å². The summed E-state index contributed by atoms with van der Waals surface area (Å²) >= 11 is 0. The minimum absolute atomic E-state index is 0.198. The molecule has 0 atom stereocenters. The van der Waals surface area contributed by atoms with E-state index in [0.29, 0.717) is 28.5 Å².